The molecule has 2 atom stereocenters. The fourth-order valence-electron chi connectivity index (χ4n) is 3.59. The minimum absolute atomic E-state index is 0.0697. The van der Waals surface area contributed by atoms with E-state index in [-0.39, 0.29) is 25.2 Å². The molecule has 0 unspecified atom stereocenters. The highest BCUT2D eigenvalue weighted by Crippen LogP contribution is 2.37. The van der Waals surface area contributed by atoms with Gasteiger partial charge < -0.3 is 19.5 Å². The van der Waals surface area contributed by atoms with E-state index < -0.39 is 6.10 Å². The Hall–Kier alpha value is -3.04. The fourth-order valence-corrected chi connectivity index (χ4v) is 3.59. The number of ether oxygens (including phenoxy) is 2. The minimum Gasteiger partial charge on any atom is -0.454 e. The number of likely N-dealkylation sites (tertiary alicyclic amines) is 1. The van der Waals surface area contributed by atoms with E-state index in [0.717, 1.165) is 5.56 Å². The molecule has 0 aromatic heterocycles. The number of hydrogen-bond donors (Lipinski definition) is 1. The second-order valence-corrected chi connectivity index (χ2v) is 6.48. The van der Waals surface area contributed by atoms with Crippen molar-refractivity contribution >= 4 is 5.91 Å². The lowest BCUT2D eigenvalue weighted by Crippen LogP contribution is -2.45. The van der Waals surface area contributed by atoms with E-state index in [2.05, 4.69) is 0 Å². The number of benzene rings is 2. The molecule has 0 bridgehead atoms. The number of carbonyl (C=O) groups is 1. The smallest absolute Gasteiger partial charge is 0.255 e. The Balaban J connectivity index is 1.50. The van der Waals surface area contributed by atoms with Crippen molar-refractivity contribution in [3.8, 4) is 17.6 Å². The van der Waals surface area contributed by atoms with Crippen molar-refractivity contribution in [3.05, 3.63) is 59.2 Å². The van der Waals surface area contributed by atoms with E-state index in [9.17, 15) is 15.2 Å². The lowest BCUT2D eigenvalue weighted by molar-refractivity contribution is 0.0381. The zero-order chi connectivity index (χ0) is 18.1. The Morgan fingerprint density at radius 3 is 2.81 bits per heavy atom. The van der Waals surface area contributed by atoms with Gasteiger partial charge in [0.15, 0.2) is 11.5 Å². The van der Waals surface area contributed by atoms with Gasteiger partial charge in [0.05, 0.1) is 23.3 Å². The van der Waals surface area contributed by atoms with Crippen molar-refractivity contribution in [1.82, 2.24) is 4.90 Å². The Bertz CT molecular complexity index is 890. The molecule has 6 nitrogen and oxygen atoms in total. The Morgan fingerprint density at radius 2 is 2.00 bits per heavy atom. The van der Waals surface area contributed by atoms with Gasteiger partial charge in [-0.2, -0.15) is 5.26 Å². The third-order valence-electron chi connectivity index (χ3n) is 4.97. The zero-order valence-corrected chi connectivity index (χ0v) is 14.1. The minimum atomic E-state index is -0.678. The molecule has 0 saturated carbocycles. The van der Waals surface area contributed by atoms with E-state index in [1.807, 2.05) is 24.3 Å². The van der Waals surface area contributed by atoms with E-state index in [1.54, 1.807) is 29.2 Å². The number of fused-ring (bicyclic) bond motifs is 1. The van der Waals surface area contributed by atoms with Gasteiger partial charge in [0.2, 0.25) is 6.79 Å². The molecule has 6 heteroatoms. The van der Waals surface area contributed by atoms with Gasteiger partial charge in [-0.3, -0.25) is 4.79 Å². The number of nitrogens with zero attached hydrogens (tertiary/aromatic N) is 2. The number of carbonyl (C=O) groups excluding carboxylic acids is 1. The first-order valence-corrected chi connectivity index (χ1v) is 8.53. The monoisotopic (exact) mass is 350 g/mol. The van der Waals surface area contributed by atoms with E-state index in [0.29, 0.717) is 35.6 Å². The van der Waals surface area contributed by atoms with Crippen molar-refractivity contribution in [2.75, 3.05) is 19.9 Å². The molecule has 2 aromatic rings. The normalized spacial score (nSPS) is 21.3. The molecule has 4 rings (SSSR count). The summed E-state index contributed by atoms with van der Waals surface area (Å²) in [6.45, 7) is 0.971. The van der Waals surface area contributed by atoms with Crippen LogP contribution in [0.25, 0.3) is 0 Å². The van der Waals surface area contributed by atoms with Crippen LogP contribution in [0.15, 0.2) is 42.5 Å². The topological polar surface area (TPSA) is 82.8 Å². The standard InChI is InChI=1S/C20H18N2O4/c21-10-14-3-1-2-4-16(14)20(24)22-8-7-15(17(23)11-22)13-5-6-18-19(9-13)26-12-25-18/h1-6,9,15,17,23H,7-8,11-12H2/t15-,17+/m0/s1. The SMILES string of the molecule is N#Cc1ccccc1C(=O)N1CC[C@@H](c2ccc3c(c2)OCO3)[C@H](O)C1. The predicted octanol–water partition coefficient (Wildman–Crippen LogP) is 2.28. The number of aliphatic hydroxyl groups excluding tert-OH is 1. The first-order valence-electron chi connectivity index (χ1n) is 8.53. The number of β-amino-alcohol motifs (C(OH)–C–C–N with tert-alkyl or cyclic N) is 1. The van der Waals surface area contributed by atoms with Crippen LogP contribution in [-0.2, 0) is 0 Å². The predicted molar refractivity (Wildman–Crippen MR) is 93.0 cm³/mol. The molecule has 26 heavy (non-hydrogen) atoms. The van der Waals surface area contributed by atoms with Crippen LogP contribution in [0, 0.1) is 11.3 Å². The number of amides is 1. The highest BCUT2D eigenvalue weighted by molar-refractivity contribution is 5.96. The lowest BCUT2D eigenvalue weighted by atomic mass is 9.86. The van der Waals surface area contributed by atoms with Crippen LogP contribution in [0.1, 0.15) is 33.8 Å². The lowest BCUT2D eigenvalue weighted by Gasteiger charge is -2.36. The largest absolute Gasteiger partial charge is 0.454 e. The molecule has 1 amide bonds. The van der Waals surface area contributed by atoms with Crippen molar-refractivity contribution in [1.29, 1.82) is 5.26 Å². The quantitative estimate of drug-likeness (QED) is 0.898. The molecule has 1 fully saturated rings. The summed E-state index contributed by atoms with van der Waals surface area (Å²) < 4.78 is 10.7. The van der Waals surface area contributed by atoms with E-state index >= 15 is 0 Å². The van der Waals surface area contributed by atoms with Crippen molar-refractivity contribution in [3.63, 3.8) is 0 Å². The first kappa shape index (κ1) is 16.4. The van der Waals surface area contributed by atoms with Crippen LogP contribution in [0.2, 0.25) is 0 Å². The van der Waals surface area contributed by atoms with Crippen molar-refractivity contribution in [2.45, 2.75) is 18.4 Å². The molecule has 2 heterocycles. The maximum Gasteiger partial charge on any atom is 0.255 e. The van der Waals surface area contributed by atoms with Crippen LogP contribution in [-0.4, -0.2) is 41.9 Å². The van der Waals surface area contributed by atoms with Crippen LogP contribution in [0.5, 0.6) is 11.5 Å². The van der Waals surface area contributed by atoms with Crippen LogP contribution in [0.4, 0.5) is 0 Å². The molecule has 2 aromatic carbocycles. The Labute approximate surface area is 151 Å². The summed E-state index contributed by atoms with van der Waals surface area (Å²) in [7, 11) is 0. The van der Waals surface area contributed by atoms with Crippen LogP contribution in [0.3, 0.4) is 0 Å². The van der Waals surface area contributed by atoms with Gasteiger partial charge in [-0.25, -0.2) is 0 Å². The fraction of sp³-hybridized carbons (Fsp3) is 0.300. The zero-order valence-electron chi connectivity index (χ0n) is 14.1. The molecule has 0 radical (unpaired) electrons. The highest BCUT2D eigenvalue weighted by atomic mass is 16.7. The summed E-state index contributed by atoms with van der Waals surface area (Å²) in [6.07, 6.45) is -0.0383. The second-order valence-electron chi connectivity index (χ2n) is 6.48. The number of aliphatic hydroxyl groups is 1. The molecule has 0 aliphatic carbocycles. The van der Waals surface area contributed by atoms with E-state index in [4.69, 9.17) is 9.47 Å². The van der Waals surface area contributed by atoms with Gasteiger partial charge in [-0.05, 0) is 36.2 Å². The molecule has 2 aliphatic rings. The number of piperidine rings is 1. The average molecular weight is 350 g/mol. The molecular formula is C20H18N2O4. The molecule has 0 spiro atoms. The Kier molecular flexibility index (Phi) is 4.23. The third kappa shape index (κ3) is 2.87. The van der Waals surface area contributed by atoms with E-state index in [1.165, 1.54) is 0 Å². The van der Waals surface area contributed by atoms with Gasteiger partial charge in [-0.1, -0.05) is 18.2 Å². The van der Waals surface area contributed by atoms with Gasteiger partial charge in [-0.15, -0.1) is 0 Å². The number of hydrogen-bond acceptors (Lipinski definition) is 5. The van der Waals surface area contributed by atoms with Crippen LogP contribution >= 0.6 is 0 Å². The summed E-state index contributed by atoms with van der Waals surface area (Å²) in [5, 5.41) is 19.8. The van der Waals surface area contributed by atoms with Gasteiger partial charge in [0, 0.05) is 19.0 Å². The molecule has 132 valence electrons. The maximum absolute atomic E-state index is 12.7. The molecule has 1 saturated heterocycles. The summed E-state index contributed by atoms with van der Waals surface area (Å²) in [4.78, 5) is 14.4. The van der Waals surface area contributed by atoms with Gasteiger partial charge >= 0.3 is 0 Å². The number of rotatable bonds is 2. The highest BCUT2D eigenvalue weighted by Gasteiger charge is 2.33. The maximum atomic E-state index is 12.7. The Morgan fingerprint density at radius 1 is 1.19 bits per heavy atom. The number of nitriles is 1. The summed E-state index contributed by atoms with van der Waals surface area (Å²) in [5.41, 5.74) is 1.71. The van der Waals surface area contributed by atoms with Gasteiger partial charge in [0.25, 0.3) is 5.91 Å². The summed E-state index contributed by atoms with van der Waals surface area (Å²) >= 11 is 0. The molecular weight excluding hydrogens is 332 g/mol. The molecule has 1 N–H and O–H groups in total. The van der Waals surface area contributed by atoms with Gasteiger partial charge in [0.1, 0.15) is 0 Å². The first-order chi connectivity index (χ1) is 12.7. The second kappa shape index (κ2) is 6.70. The molecule has 2 aliphatic heterocycles. The average Bonchev–Trinajstić information content (AvgIpc) is 3.15. The van der Waals surface area contributed by atoms with Crippen molar-refractivity contribution < 1.29 is 19.4 Å². The third-order valence-corrected chi connectivity index (χ3v) is 4.97. The van der Waals surface area contributed by atoms with Crippen molar-refractivity contribution in [2.24, 2.45) is 0 Å². The summed E-state index contributed by atoms with van der Waals surface area (Å²) in [6, 6.07) is 14.5. The summed E-state index contributed by atoms with van der Waals surface area (Å²) in [5.74, 6) is 1.12. The van der Waals surface area contributed by atoms with Crippen LogP contribution < -0.4 is 9.47 Å².